The van der Waals surface area contributed by atoms with E-state index in [1.54, 1.807) is 47.6 Å². The standard InChI is InChI=1S/C17H20N4O3S/c1-2-8-19-25(23,24)20-15-5-6-16-13(11-15)7-10-21(16)17(22)14-4-3-9-18-12-14/h3-6,9,11-12,19-20H,2,7-8,10H2,1H3. The minimum absolute atomic E-state index is 0.107. The molecule has 7 nitrogen and oxygen atoms in total. The van der Waals surface area contributed by atoms with E-state index in [1.807, 2.05) is 6.92 Å². The van der Waals surface area contributed by atoms with E-state index in [0.29, 0.717) is 30.8 Å². The molecular formula is C17H20N4O3S. The number of carbonyl (C=O) groups excluding carboxylic acids is 1. The lowest BCUT2D eigenvalue weighted by Crippen LogP contribution is -2.30. The number of amides is 1. The second-order valence-corrected chi connectivity index (χ2v) is 7.29. The van der Waals surface area contributed by atoms with E-state index in [0.717, 1.165) is 17.7 Å². The fourth-order valence-electron chi connectivity index (χ4n) is 2.75. The summed E-state index contributed by atoms with van der Waals surface area (Å²) >= 11 is 0. The van der Waals surface area contributed by atoms with Crippen molar-refractivity contribution in [1.82, 2.24) is 9.71 Å². The van der Waals surface area contributed by atoms with Gasteiger partial charge in [-0.05, 0) is 48.7 Å². The zero-order valence-corrected chi connectivity index (χ0v) is 14.7. The zero-order valence-electron chi connectivity index (χ0n) is 13.9. The largest absolute Gasteiger partial charge is 0.308 e. The highest BCUT2D eigenvalue weighted by Crippen LogP contribution is 2.31. The van der Waals surface area contributed by atoms with Crippen LogP contribution in [0.25, 0.3) is 0 Å². The number of carbonyl (C=O) groups is 1. The first-order valence-electron chi connectivity index (χ1n) is 8.12. The van der Waals surface area contributed by atoms with Gasteiger partial charge in [0.1, 0.15) is 0 Å². The van der Waals surface area contributed by atoms with Gasteiger partial charge in [0, 0.05) is 31.2 Å². The molecule has 2 N–H and O–H groups in total. The highest BCUT2D eigenvalue weighted by molar-refractivity contribution is 7.90. The predicted octanol–water partition coefficient (Wildman–Crippen LogP) is 1.94. The van der Waals surface area contributed by atoms with Gasteiger partial charge in [-0.2, -0.15) is 13.1 Å². The summed E-state index contributed by atoms with van der Waals surface area (Å²) < 4.78 is 28.8. The molecule has 1 aromatic heterocycles. The van der Waals surface area contributed by atoms with E-state index in [-0.39, 0.29) is 5.91 Å². The van der Waals surface area contributed by atoms with Crippen molar-refractivity contribution in [2.75, 3.05) is 22.7 Å². The Balaban J connectivity index is 1.78. The molecule has 0 unspecified atom stereocenters. The van der Waals surface area contributed by atoms with E-state index in [4.69, 9.17) is 0 Å². The lowest BCUT2D eigenvalue weighted by Gasteiger charge is -2.17. The van der Waals surface area contributed by atoms with Crippen molar-refractivity contribution in [1.29, 1.82) is 0 Å². The van der Waals surface area contributed by atoms with Crippen molar-refractivity contribution in [3.05, 3.63) is 53.9 Å². The molecule has 1 aliphatic rings. The third kappa shape index (κ3) is 3.97. The molecule has 1 amide bonds. The molecule has 1 aliphatic heterocycles. The van der Waals surface area contributed by atoms with Gasteiger partial charge in [0.2, 0.25) is 0 Å². The van der Waals surface area contributed by atoms with Gasteiger partial charge in [0.25, 0.3) is 16.1 Å². The normalized spacial score (nSPS) is 13.6. The molecule has 2 heterocycles. The lowest BCUT2D eigenvalue weighted by molar-refractivity contribution is 0.0989. The van der Waals surface area contributed by atoms with Gasteiger partial charge in [-0.15, -0.1) is 0 Å². The van der Waals surface area contributed by atoms with Gasteiger partial charge in [-0.1, -0.05) is 6.92 Å². The number of hydrogen-bond acceptors (Lipinski definition) is 4. The van der Waals surface area contributed by atoms with Crippen molar-refractivity contribution in [2.45, 2.75) is 19.8 Å². The molecule has 0 saturated carbocycles. The van der Waals surface area contributed by atoms with E-state index < -0.39 is 10.2 Å². The third-order valence-corrected chi connectivity index (χ3v) is 5.01. The molecule has 2 aromatic rings. The summed E-state index contributed by atoms with van der Waals surface area (Å²) in [6.07, 6.45) is 4.57. The van der Waals surface area contributed by atoms with Gasteiger partial charge >= 0.3 is 0 Å². The third-order valence-electron chi connectivity index (χ3n) is 3.92. The number of nitrogens with one attached hydrogen (secondary N) is 2. The number of rotatable bonds is 6. The molecule has 25 heavy (non-hydrogen) atoms. The fraction of sp³-hybridized carbons (Fsp3) is 0.294. The minimum Gasteiger partial charge on any atom is -0.308 e. The summed E-state index contributed by atoms with van der Waals surface area (Å²) in [6, 6.07) is 8.67. The molecule has 132 valence electrons. The van der Waals surface area contributed by atoms with Crippen molar-refractivity contribution in [3.8, 4) is 0 Å². The first-order valence-corrected chi connectivity index (χ1v) is 9.60. The Morgan fingerprint density at radius 1 is 1.32 bits per heavy atom. The Labute approximate surface area is 147 Å². The van der Waals surface area contributed by atoms with E-state index >= 15 is 0 Å². The van der Waals surface area contributed by atoms with Gasteiger partial charge in [-0.3, -0.25) is 14.5 Å². The number of benzene rings is 1. The van der Waals surface area contributed by atoms with Gasteiger partial charge < -0.3 is 4.90 Å². The maximum atomic E-state index is 12.6. The van der Waals surface area contributed by atoms with Gasteiger partial charge in [0.15, 0.2) is 0 Å². The van der Waals surface area contributed by atoms with Crippen LogP contribution >= 0.6 is 0 Å². The van der Waals surface area contributed by atoms with Crippen LogP contribution in [0.15, 0.2) is 42.7 Å². The average molecular weight is 360 g/mol. The molecule has 0 radical (unpaired) electrons. The minimum atomic E-state index is -3.58. The number of aromatic nitrogens is 1. The quantitative estimate of drug-likeness (QED) is 0.824. The Bertz CT molecular complexity index is 869. The lowest BCUT2D eigenvalue weighted by atomic mass is 10.1. The maximum Gasteiger partial charge on any atom is 0.299 e. The predicted molar refractivity (Wildman–Crippen MR) is 96.9 cm³/mol. The monoisotopic (exact) mass is 360 g/mol. The highest BCUT2D eigenvalue weighted by atomic mass is 32.2. The van der Waals surface area contributed by atoms with Crippen LogP contribution in [0.1, 0.15) is 29.3 Å². The Morgan fingerprint density at radius 3 is 2.88 bits per heavy atom. The molecule has 0 saturated heterocycles. The highest BCUT2D eigenvalue weighted by Gasteiger charge is 2.26. The van der Waals surface area contributed by atoms with Crippen LogP contribution in [0.3, 0.4) is 0 Å². The van der Waals surface area contributed by atoms with Crippen LogP contribution in [0.4, 0.5) is 11.4 Å². The van der Waals surface area contributed by atoms with E-state index in [2.05, 4.69) is 14.4 Å². The van der Waals surface area contributed by atoms with Gasteiger partial charge in [-0.25, -0.2) is 0 Å². The number of anilines is 2. The van der Waals surface area contributed by atoms with Crippen molar-refractivity contribution in [3.63, 3.8) is 0 Å². The van der Waals surface area contributed by atoms with Crippen LogP contribution in [-0.2, 0) is 16.6 Å². The summed E-state index contributed by atoms with van der Waals surface area (Å²) in [5, 5.41) is 0. The molecular weight excluding hydrogens is 340 g/mol. The van der Waals surface area contributed by atoms with Crippen LogP contribution in [0, 0.1) is 0 Å². The summed E-state index contributed by atoms with van der Waals surface area (Å²) in [7, 11) is -3.58. The van der Waals surface area contributed by atoms with Crippen LogP contribution in [-0.4, -0.2) is 32.4 Å². The molecule has 0 spiro atoms. The first kappa shape index (κ1) is 17.4. The molecule has 8 heteroatoms. The SMILES string of the molecule is CCCNS(=O)(=O)Nc1ccc2c(c1)CCN2C(=O)c1cccnc1. The average Bonchev–Trinajstić information content (AvgIpc) is 3.03. The Morgan fingerprint density at radius 2 is 2.16 bits per heavy atom. The second-order valence-electron chi connectivity index (χ2n) is 5.79. The molecule has 0 bridgehead atoms. The van der Waals surface area contributed by atoms with Crippen LogP contribution in [0.5, 0.6) is 0 Å². The smallest absolute Gasteiger partial charge is 0.299 e. The fourth-order valence-corrected chi connectivity index (χ4v) is 3.73. The zero-order chi connectivity index (χ0) is 17.9. The van der Waals surface area contributed by atoms with Crippen LogP contribution in [0.2, 0.25) is 0 Å². The number of fused-ring (bicyclic) bond motifs is 1. The summed E-state index contributed by atoms with van der Waals surface area (Å²) in [5.41, 5.74) is 2.76. The number of pyridine rings is 1. The second kappa shape index (κ2) is 7.20. The number of hydrogen-bond donors (Lipinski definition) is 2. The van der Waals surface area contributed by atoms with Crippen molar-refractivity contribution in [2.24, 2.45) is 0 Å². The van der Waals surface area contributed by atoms with Crippen molar-refractivity contribution < 1.29 is 13.2 Å². The van der Waals surface area contributed by atoms with Gasteiger partial charge in [0.05, 0.1) is 11.3 Å². The number of nitrogens with zero attached hydrogens (tertiary/aromatic N) is 2. The summed E-state index contributed by atoms with van der Waals surface area (Å²) in [5.74, 6) is -0.107. The first-order chi connectivity index (χ1) is 12.0. The van der Waals surface area contributed by atoms with E-state index in [9.17, 15) is 13.2 Å². The Kier molecular flexibility index (Phi) is 5.00. The summed E-state index contributed by atoms with van der Waals surface area (Å²) in [4.78, 5) is 18.3. The molecule has 0 aliphatic carbocycles. The van der Waals surface area contributed by atoms with Crippen molar-refractivity contribution >= 4 is 27.5 Å². The molecule has 0 atom stereocenters. The van der Waals surface area contributed by atoms with E-state index in [1.165, 1.54) is 0 Å². The topological polar surface area (TPSA) is 91.4 Å². The van der Waals surface area contributed by atoms with Crippen LogP contribution < -0.4 is 14.3 Å². The molecule has 1 aromatic carbocycles. The summed E-state index contributed by atoms with van der Waals surface area (Å²) in [6.45, 7) is 2.84. The maximum absolute atomic E-state index is 12.6. The Hall–Kier alpha value is -2.45. The molecule has 3 rings (SSSR count). The molecule has 0 fully saturated rings.